The molecule has 10 aromatic rings. The van der Waals surface area contributed by atoms with Gasteiger partial charge in [0.1, 0.15) is 66.7 Å². The first-order valence-corrected chi connectivity index (χ1v) is 45.0. The molecule has 17 rings (SSSR count). The van der Waals surface area contributed by atoms with Gasteiger partial charge in [0.05, 0.1) is 108 Å². The molecule has 0 radical (unpaired) electrons. The number of hydrogen-bond acceptors (Lipinski definition) is 20. The van der Waals surface area contributed by atoms with Crippen LogP contribution in [0.15, 0.2) is 194 Å². The zero-order valence-corrected chi connectivity index (χ0v) is 76.3. The van der Waals surface area contributed by atoms with Crippen molar-refractivity contribution in [1.29, 1.82) is 0 Å². The van der Waals surface area contributed by atoms with Crippen molar-refractivity contribution in [2.75, 3.05) is 112 Å². The number of phenolic OH excluding ortho intramolecular Hbond substituents is 3. The number of benzene rings is 5. The van der Waals surface area contributed by atoms with Crippen LogP contribution in [-0.4, -0.2) is 210 Å². The molecule has 26 heteroatoms. The van der Waals surface area contributed by atoms with E-state index in [9.17, 15) is 29.7 Å². The number of aromatic nitrogens is 10. The summed E-state index contributed by atoms with van der Waals surface area (Å²) in [5.41, 5.74) is 21.5. The summed E-state index contributed by atoms with van der Waals surface area (Å²) in [7, 11) is 2.14. The van der Waals surface area contributed by atoms with Gasteiger partial charge < -0.3 is 58.3 Å². The SMILES string of the molecule is C=Cc1c(O)cccc1CCN1CCCC1c1ccnn1C(C)C.C=Cc1c(O)cccc1OCC1=C(c2ccnn2C2CC2)COCC1.C=Cc1c(O)cccc1OCC1=C(c2ccnn2C2COC2)COCC1.CC(=O)N1CCC(COc2cccc(C)c2C=O)=C(c2ccnn2C(C)C)C1.Cc1cccc(OCC2=C(c3ccnn3C(C)C)CN(C)CC2)c1C=O. The maximum absolute atomic E-state index is 12.0. The van der Waals surface area contributed by atoms with Crippen molar-refractivity contribution in [2.24, 2.45) is 0 Å². The summed E-state index contributed by atoms with van der Waals surface area (Å²) in [6, 6.07) is 40.0. The maximum atomic E-state index is 12.0. The Balaban J connectivity index is 0.000000138. The number of hydrogen-bond donors (Lipinski definition) is 3. The number of carbonyl (C=O) groups excluding carboxylic acids is 3. The fourth-order valence-electron chi connectivity index (χ4n) is 17.2. The van der Waals surface area contributed by atoms with Crippen LogP contribution in [0.25, 0.3) is 40.5 Å². The van der Waals surface area contributed by atoms with Crippen molar-refractivity contribution in [2.45, 2.75) is 156 Å². The van der Waals surface area contributed by atoms with E-state index in [1.165, 1.54) is 59.2 Å². The summed E-state index contributed by atoms with van der Waals surface area (Å²) in [5.74, 6) is 3.25. The van der Waals surface area contributed by atoms with Crippen LogP contribution in [-0.2, 0) is 25.4 Å². The molecule has 129 heavy (non-hydrogen) atoms. The number of likely N-dealkylation sites (tertiary alicyclic amines) is 1. The minimum Gasteiger partial charge on any atom is -0.507 e. The van der Waals surface area contributed by atoms with E-state index < -0.39 is 0 Å². The molecule has 11 heterocycles. The van der Waals surface area contributed by atoms with Gasteiger partial charge in [0.15, 0.2) is 12.6 Å². The van der Waals surface area contributed by atoms with Crippen molar-refractivity contribution in [3.05, 3.63) is 267 Å². The molecule has 1 atom stereocenters. The minimum atomic E-state index is 0.0648. The van der Waals surface area contributed by atoms with Crippen molar-refractivity contribution in [3.63, 3.8) is 0 Å². The Morgan fingerprint density at radius 2 is 0.899 bits per heavy atom. The lowest BCUT2D eigenvalue weighted by atomic mass is 9.97. The fraction of sp³-hybridized carbons (Fsp3) is 0.398. The second kappa shape index (κ2) is 45.0. The molecular formula is C103H125N13O13. The summed E-state index contributed by atoms with van der Waals surface area (Å²) in [4.78, 5) is 41.5. The summed E-state index contributed by atoms with van der Waals surface area (Å²) in [6.45, 7) is 40.5. The molecule has 7 aliphatic rings. The number of amides is 1. The Kier molecular flexibility index (Phi) is 32.8. The van der Waals surface area contributed by atoms with E-state index in [2.05, 4.69) is 142 Å². The standard InChI is InChI=1S/C22H27N3O3.C21H27N3O2.C20H27N3O.C20H22N2O4.C20H22N2O3/c1-15(2)25-21(8-10-23-25)19-12-24(17(4)27)11-9-18(19)14-28-22-7-5-6-16(3)20(22)13-26;1-15(2)24-20(8-10-22-24)18-12-23(4)11-9-17(18)14-26-21-7-5-6-16(3)19(21)13-25;1-4-17-16(7-5-9-20(17)24)11-14-22-13-6-8-18(22)19-10-12-21-23(19)15(2)3;1-2-16-19(23)4-3-5-20(16)26-10-14-7-9-24-13-17(14)18-6-8-21-22(18)15-11-25-12-15;1-2-16-19(23)4-3-5-20(16)25-12-14-9-11-24-13-17(14)18-8-10-21-22(18)15-6-7-15/h5-8,10,13,15H,9,11-12,14H2,1-4H3;5-8,10,13,15H,9,11-12,14H2,1-4H3;4-5,7,9-10,12,15,18,24H,1,6,8,11,13-14H2,2-3H3;2-6,8,15,23H,1,7,9-13H2;2-5,8,10,15,23H,1,6-7,9,11-13H2. The lowest BCUT2D eigenvalue weighted by molar-refractivity contribution is -0.128. The van der Waals surface area contributed by atoms with Gasteiger partial charge in [0, 0.05) is 105 Å². The Bertz CT molecular complexity index is 5680. The highest BCUT2D eigenvalue weighted by Gasteiger charge is 2.33. The smallest absolute Gasteiger partial charge is 0.219 e. The quantitative estimate of drug-likeness (QED) is 0.0353. The van der Waals surface area contributed by atoms with E-state index >= 15 is 0 Å². The Labute approximate surface area is 757 Å². The van der Waals surface area contributed by atoms with Gasteiger partial charge in [-0.3, -0.25) is 42.7 Å². The number of rotatable bonds is 30. The molecular weight excluding hydrogens is 1630 g/mol. The van der Waals surface area contributed by atoms with Gasteiger partial charge in [0.25, 0.3) is 0 Å². The molecule has 0 spiro atoms. The van der Waals surface area contributed by atoms with Crippen LogP contribution in [0.3, 0.4) is 0 Å². The molecule has 3 N–H and O–H groups in total. The van der Waals surface area contributed by atoms with Gasteiger partial charge in [-0.15, -0.1) is 0 Å². The first-order valence-electron chi connectivity index (χ1n) is 45.0. The van der Waals surface area contributed by atoms with Crippen molar-refractivity contribution < 1.29 is 62.9 Å². The van der Waals surface area contributed by atoms with Crippen molar-refractivity contribution >= 4 is 59.0 Å². The minimum absolute atomic E-state index is 0.0648. The molecule has 680 valence electrons. The topological polar surface area (TPSA) is 275 Å². The third-order valence-electron chi connectivity index (χ3n) is 24.6. The highest BCUT2D eigenvalue weighted by molar-refractivity contribution is 5.83. The molecule has 5 aromatic carbocycles. The molecule has 0 bridgehead atoms. The van der Waals surface area contributed by atoms with Gasteiger partial charge in [-0.05, 0) is 250 Å². The number of nitrogens with zero attached hydrogens (tertiary/aromatic N) is 13. The number of aldehydes is 2. The summed E-state index contributed by atoms with van der Waals surface area (Å²) < 4.78 is 51.2. The Morgan fingerprint density at radius 1 is 0.473 bits per heavy atom. The first-order chi connectivity index (χ1) is 62.6. The zero-order valence-electron chi connectivity index (χ0n) is 76.3. The van der Waals surface area contributed by atoms with E-state index in [4.69, 9.17) is 33.2 Å². The van der Waals surface area contributed by atoms with Gasteiger partial charge in [-0.1, -0.05) is 86.5 Å². The van der Waals surface area contributed by atoms with Crippen molar-refractivity contribution in [1.82, 2.24) is 63.6 Å². The lowest BCUT2D eigenvalue weighted by Gasteiger charge is -2.31. The molecule has 1 aliphatic carbocycles. The second-order valence-electron chi connectivity index (χ2n) is 34.3. The zero-order chi connectivity index (χ0) is 91.2. The van der Waals surface area contributed by atoms with Gasteiger partial charge in [0.2, 0.25) is 5.91 Å². The number of likely N-dealkylation sites (N-methyl/N-ethyl adjacent to an activating group) is 1. The third-order valence-corrected chi connectivity index (χ3v) is 24.6. The van der Waals surface area contributed by atoms with Crippen molar-refractivity contribution in [3.8, 4) is 40.2 Å². The van der Waals surface area contributed by atoms with E-state index in [0.717, 1.165) is 133 Å². The normalized spacial score (nSPS) is 16.7. The van der Waals surface area contributed by atoms with Crippen LogP contribution in [0.4, 0.5) is 0 Å². The second-order valence-corrected chi connectivity index (χ2v) is 34.3. The molecule has 5 aromatic heterocycles. The number of aryl methyl sites for hydroxylation is 2. The summed E-state index contributed by atoms with van der Waals surface area (Å²) in [6.07, 6.45) is 25.0. The first kappa shape index (κ1) is 94.2. The third kappa shape index (κ3) is 23.2. The summed E-state index contributed by atoms with van der Waals surface area (Å²) >= 11 is 0. The highest BCUT2D eigenvalue weighted by Crippen LogP contribution is 2.41. The molecule has 1 unspecified atom stereocenters. The predicted octanol–water partition coefficient (Wildman–Crippen LogP) is 18.5. The lowest BCUT2D eigenvalue weighted by Crippen LogP contribution is -2.36. The van der Waals surface area contributed by atoms with E-state index in [1.54, 1.807) is 61.7 Å². The molecule has 1 amide bonds. The average molecular weight is 1750 g/mol. The van der Waals surface area contributed by atoms with Gasteiger partial charge >= 0.3 is 0 Å². The van der Waals surface area contributed by atoms with Crippen LogP contribution in [0.1, 0.15) is 219 Å². The van der Waals surface area contributed by atoms with Crippen LogP contribution in [0.2, 0.25) is 0 Å². The number of carbonyl (C=O) groups is 3. The molecule has 1 saturated carbocycles. The summed E-state index contributed by atoms with van der Waals surface area (Å²) in [5, 5.41) is 52.3. The molecule has 6 aliphatic heterocycles. The average Bonchev–Trinajstić information content (AvgIpc) is 1.04. The molecule has 2 saturated heterocycles. The van der Waals surface area contributed by atoms with Crippen LogP contribution in [0.5, 0.6) is 40.2 Å². The van der Waals surface area contributed by atoms with Gasteiger partial charge in [-0.2, -0.15) is 25.5 Å². The monoisotopic (exact) mass is 1750 g/mol. The predicted molar refractivity (Wildman–Crippen MR) is 505 cm³/mol. The van der Waals surface area contributed by atoms with E-state index in [0.29, 0.717) is 154 Å². The van der Waals surface area contributed by atoms with Gasteiger partial charge in [-0.25, -0.2) is 0 Å². The number of aromatic hydroxyl groups is 3. The number of ether oxygens (including phenoxy) is 7. The highest BCUT2D eigenvalue weighted by atomic mass is 16.5. The van der Waals surface area contributed by atoms with E-state index in [-0.39, 0.29) is 29.5 Å². The molecule has 26 nitrogen and oxygen atoms in total. The Hall–Kier alpha value is -12.5. The van der Waals surface area contributed by atoms with Crippen LogP contribution in [0, 0.1) is 13.8 Å². The molecule has 3 fully saturated rings. The van der Waals surface area contributed by atoms with E-state index in [1.807, 2.05) is 120 Å². The fourth-order valence-corrected chi connectivity index (χ4v) is 17.2. The van der Waals surface area contributed by atoms with Crippen LogP contribution < -0.4 is 18.9 Å². The largest absolute Gasteiger partial charge is 0.507 e. The Morgan fingerprint density at radius 3 is 1.36 bits per heavy atom. The maximum Gasteiger partial charge on any atom is 0.219 e. The van der Waals surface area contributed by atoms with Crippen LogP contribution >= 0.6 is 0 Å². The number of phenols is 3.